The second-order valence-corrected chi connectivity index (χ2v) is 5.87. The average Bonchev–Trinajstić information content (AvgIpc) is 2.71. The van der Waals surface area contributed by atoms with Gasteiger partial charge in [-0.2, -0.15) is 0 Å². The predicted octanol–water partition coefficient (Wildman–Crippen LogP) is 3.43. The Morgan fingerprint density at radius 1 is 1.14 bits per heavy atom. The molecule has 2 aromatic carbocycles. The number of oxazole rings is 1. The van der Waals surface area contributed by atoms with Crippen LogP contribution in [-0.2, 0) is 7.05 Å². The fraction of sp³-hybridized carbons (Fsp3) is 0.125. The highest BCUT2D eigenvalue weighted by atomic mass is 79.9. The van der Waals surface area contributed by atoms with Crippen LogP contribution in [0.15, 0.2) is 50.1 Å². The van der Waals surface area contributed by atoms with Gasteiger partial charge in [-0.05, 0) is 48.9 Å². The number of benzene rings is 2. The fourth-order valence-corrected chi connectivity index (χ4v) is 2.92. The Balaban J connectivity index is 2.11. The zero-order chi connectivity index (χ0) is 15.1. The summed E-state index contributed by atoms with van der Waals surface area (Å²) in [5.74, 6) is -0.541. The molecule has 0 N–H and O–H groups in total. The average molecular weight is 346 g/mol. The van der Waals surface area contributed by atoms with Gasteiger partial charge in [0.25, 0.3) is 0 Å². The molecule has 0 unspecified atom stereocenters. The Labute approximate surface area is 129 Å². The molecule has 1 aromatic heterocycles. The Morgan fingerprint density at radius 3 is 2.62 bits per heavy atom. The van der Waals surface area contributed by atoms with E-state index in [0.717, 1.165) is 10.0 Å². The van der Waals surface area contributed by atoms with Crippen LogP contribution in [0, 0.1) is 6.92 Å². The monoisotopic (exact) mass is 345 g/mol. The minimum atomic E-state index is -0.437. The van der Waals surface area contributed by atoms with Crippen molar-refractivity contribution in [3.05, 3.63) is 68.1 Å². The van der Waals surface area contributed by atoms with Gasteiger partial charge in [0, 0.05) is 22.6 Å². The lowest BCUT2D eigenvalue weighted by atomic mass is 10.0. The smallest absolute Gasteiger partial charge is 0.408 e. The van der Waals surface area contributed by atoms with E-state index in [1.165, 1.54) is 4.57 Å². The van der Waals surface area contributed by atoms with Crippen molar-refractivity contribution in [2.75, 3.05) is 0 Å². The van der Waals surface area contributed by atoms with Crippen LogP contribution in [0.1, 0.15) is 21.5 Å². The van der Waals surface area contributed by atoms with Crippen molar-refractivity contribution in [3.63, 3.8) is 0 Å². The maximum absolute atomic E-state index is 12.5. The van der Waals surface area contributed by atoms with Crippen molar-refractivity contribution < 1.29 is 9.21 Å². The number of hydrogen-bond donors (Lipinski definition) is 0. The van der Waals surface area contributed by atoms with E-state index in [9.17, 15) is 9.59 Å². The minimum Gasteiger partial charge on any atom is -0.408 e. The van der Waals surface area contributed by atoms with E-state index in [1.54, 1.807) is 31.3 Å². The molecule has 0 fully saturated rings. The van der Waals surface area contributed by atoms with Gasteiger partial charge in [0.2, 0.25) is 0 Å². The molecule has 3 aromatic rings. The highest BCUT2D eigenvalue weighted by molar-refractivity contribution is 9.10. The number of ketones is 1. The Kier molecular flexibility index (Phi) is 3.29. The highest BCUT2D eigenvalue weighted by Crippen LogP contribution is 2.20. The molecular weight excluding hydrogens is 334 g/mol. The highest BCUT2D eigenvalue weighted by Gasteiger charge is 2.13. The normalized spacial score (nSPS) is 11.0. The molecule has 0 saturated carbocycles. The van der Waals surface area contributed by atoms with Crippen LogP contribution >= 0.6 is 15.9 Å². The zero-order valence-electron chi connectivity index (χ0n) is 11.5. The first-order valence-electron chi connectivity index (χ1n) is 6.37. The number of hydrogen-bond acceptors (Lipinski definition) is 3. The van der Waals surface area contributed by atoms with E-state index in [4.69, 9.17) is 4.42 Å². The summed E-state index contributed by atoms with van der Waals surface area (Å²) < 4.78 is 7.39. The first-order chi connectivity index (χ1) is 9.95. The molecular formula is C16H12BrNO3. The van der Waals surface area contributed by atoms with Gasteiger partial charge in [0.05, 0.1) is 5.52 Å². The van der Waals surface area contributed by atoms with E-state index in [1.807, 2.05) is 19.1 Å². The van der Waals surface area contributed by atoms with E-state index in [-0.39, 0.29) is 5.78 Å². The predicted molar refractivity (Wildman–Crippen MR) is 83.8 cm³/mol. The van der Waals surface area contributed by atoms with Crippen molar-refractivity contribution in [1.82, 2.24) is 4.57 Å². The van der Waals surface area contributed by atoms with Crippen molar-refractivity contribution in [2.45, 2.75) is 6.92 Å². The van der Waals surface area contributed by atoms with Crippen LogP contribution in [0.25, 0.3) is 11.1 Å². The number of carbonyl (C=O) groups is 1. The van der Waals surface area contributed by atoms with Gasteiger partial charge < -0.3 is 4.42 Å². The van der Waals surface area contributed by atoms with Gasteiger partial charge in [-0.3, -0.25) is 9.36 Å². The van der Waals surface area contributed by atoms with Gasteiger partial charge in [0.15, 0.2) is 11.4 Å². The van der Waals surface area contributed by atoms with Crippen LogP contribution in [0.3, 0.4) is 0 Å². The van der Waals surface area contributed by atoms with E-state index in [2.05, 4.69) is 15.9 Å². The third kappa shape index (κ3) is 2.45. The summed E-state index contributed by atoms with van der Waals surface area (Å²) in [4.78, 5) is 24.0. The Morgan fingerprint density at radius 2 is 1.90 bits per heavy atom. The first kappa shape index (κ1) is 13.8. The molecule has 0 saturated heterocycles. The third-order valence-corrected chi connectivity index (χ3v) is 3.82. The molecule has 4 nitrogen and oxygen atoms in total. The Hall–Kier alpha value is -2.14. The molecule has 5 heteroatoms. The van der Waals surface area contributed by atoms with Crippen molar-refractivity contribution in [2.24, 2.45) is 7.05 Å². The summed E-state index contributed by atoms with van der Waals surface area (Å²) in [5, 5.41) is 0. The molecule has 0 bridgehead atoms. The summed E-state index contributed by atoms with van der Waals surface area (Å²) in [6.45, 7) is 1.93. The molecule has 106 valence electrons. The third-order valence-electron chi connectivity index (χ3n) is 3.36. The largest absolute Gasteiger partial charge is 0.419 e. The number of rotatable bonds is 2. The molecule has 21 heavy (non-hydrogen) atoms. The second kappa shape index (κ2) is 5.00. The van der Waals surface area contributed by atoms with Gasteiger partial charge in [0.1, 0.15) is 0 Å². The summed E-state index contributed by atoms with van der Waals surface area (Å²) in [7, 11) is 1.63. The summed E-state index contributed by atoms with van der Waals surface area (Å²) in [5.41, 5.74) is 3.18. The van der Waals surface area contributed by atoms with Crippen LogP contribution < -0.4 is 5.76 Å². The second-order valence-electron chi connectivity index (χ2n) is 4.96. The molecule has 0 aliphatic carbocycles. The number of aryl methyl sites for hydroxylation is 2. The van der Waals surface area contributed by atoms with Gasteiger partial charge in [-0.1, -0.05) is 15.9 Å². The number of halogens is 1. The molecule has 0 atom stereocenters. The zero-order valence-corrected chi connectivity index (χ0v) is 13.1. The maximum atomic E-state index is 12.5. The van der Waals surface area contributed by atoms with Crippen LogP contribution in [0.5, 0.6) is 0 Å². The SMILES string of the molecule is Cc1cc(Br)cc(C(=O)c2ccc3c(c2)oc(=O)n3C)c1. The van der Waals surface area contributed by atoms with Crippen molar-refractivity contribution >= 4 is 32.8 Å². The van der Waals surface area contributed by atoms with Gasteiger partial charge >= 0.3 is 5.76 Å². The quantitative estimate of drug-likeness (QED) is 0.668. The van der Waals surface area contributed by atoms with E-state index < -0.39 is 5.76 Å². The van der Waals surface area contributed by atoms with Crippen LogP contribution in [0.2, 0.25) is 0 Å². The first-order valence-corrected chi connectivity index (χ1v) is 7.16. The van der Waals surface area contributed by atoms with E-state index in [0.29, 0.717) is 22.2 Å². The van der Waals surface area contributed by atoms with Crippen molar-refractivity contribution in [1.29, 1.82) is 0 Å². The molecule has 0 spiro atoms. The van der Waals surface area contributed by atoms with Gasteiger partial charge in [-0.15, -0.1) is 0 Å². The molecule has 3 rings (SSSR count). The summed E-state index contributed by atoms with van der Waals surface area (Å²) in [6.07, 6.45) is 0. The lowest BCUT2D eigenvalue weighted by molar-refractivity contribution is 0.103. The van der Waals surface area contributed by atoms with E-state index >= 15 is 0 Å². The maximum Gasteiger partial charge on any atom is 0.419 e. The summed E-state index contributed by atoms with van der Waals surface area (Å²) in [6, 6.07) is 10.6. The lowest BCUT2D eigenvalue weighted by Crippen LogP contribution is -2.08. The molecule has 0 aliphatic rings. The van der Waals surface area contributed by atoms with Crippen molar-refractivity contribution in [3.8, 4) is 0 Å². The standard InChI is InChI=1S/C16H12BrNO3/c1-9-5-11(7-12(17)6-9)15(19)10-3-4-13-14(8-10)21-16(20)18(13)2/h3-8H,1-2H3. The number of carbonyl (C=O) groups excluding carboxylic acids is 1. The number of fused-ring (bicyclic) bond motifs is 1. The number of nitrogens with zero attached hydrogens (tertiary/aromatic N) is 1. The molecule has 1 heterocycles. The van der Waals surface area contributed by atoms with Crippen LogP contribution in [0.4, 0.5) is 0 Å². The topological polar surface area (TPSA) is 52.2 Å². The summed E-state index contributed by atoms with van der Waals surface area (Å²) >= 11 is 3.39. The minimum absolute atomic E-state index is 0.104. The Bertz CT molecular complexity index is 901. The van der Waals surface area contributed by atoms with Crippen LogP contribution in [-0.4, -0.2) is 10.4 Å². The molecule has 0 amide bonds. The fourth-order valence-electron chi connectivity index (χ4n) is 2.31. The lowest BCUT2D eigenvalue weighted by Gasteiger charge is -2.04. The number of aromatic nitrogens is 1. The molecule has 0 aliphatic heterocycles. The molecule has 0 radical (unpaired) electrons. The van der Waals surface area contributed by atoms with Gasteiger partial charge in [-0.25, -0.2) is 4.79 Å².